The summed E-state index contributed by atoms with van der Waals surface area (Å²) in [5.41, 5.74) is 9.52. The summed E-state index contributed by atoms with van der Waals surface area (Å²) in [6.07, 6.45) is 7.06. The van der Waals surface area contributed by atoms with E-state index in [2.05, 4.69) is 152 Å². The van der Waals surface area contributed by atoms with Crippen molar-refractivity contribution in [1.29, 1.82) is 0 Å². The van der Waals surface area contributed by atoms with Crippen molar-refractivity contribution in [3.63, 3.8) is 0 Å². The first-order valence-electron chi connectivity index (χ1n) is 16.0. The first kappa shape index (κ1) is 27.0. The second kappa shape index (κ2) is 10.6. The van der Waals surface area contributed by atoms with Crippen LogP contribution in [0, 0.1) is 11.8 Å². The van der Waals surface area contributed by atoms with Crippen LogP contribution < -0.4 is 4.90 Å². The van der Waals surface area contributed by atoms with Gasteiger partial charge in [-0.1, -0.05) is 98.6 Å². The van der Waals surface area contributed by atoms with E-state index in [9.17, 15) is 0 Å². The highest BCUT2D eigenvalue weighted by molar-refractivity contribution is 9.10. The first-order valence-corrected chi connectivity index (χ1v) is 17.6. The van der Waals surface area contributed by atoms with Crippen LogP contribution in [0.25, 0.3) is 32.7 Å². The largest absolute Gasteiger partial charge is 0.309 e. The predicted molar refractivity (Wildman–Crippen MR) is 193 cm³/mol. The van der Waals surface area contributed by atoms with Crippen LogP contribution in [0.5, 0.6) is 0 Å². The lowest BCUT2D eigenvalue weighted by Crippen LogP contribution is -2.25. The molecule has 0 radical (unpaired) electrons. The molecule has 3 heteroatoms. The third-order valence-electron chi connectivity index (χ3n) is 10.7. The minimum absolute atomic E-state index is 0.725. The molecule has 0 aliphatic heterocycles. The molecule has 216 valence electrons. The quantitative estimate of drug-likeness (QED) is 0.166. The summed E-state index contributed by atoms with van der Waals surface area (Å²) in [5, 5.41) is 5.14. The Labute approximate surface area is 276 Å². The van der Waals surface area contributed by atoms with Gasteiger partial charge in [0.1, 0.15) is 0 Å². The summed E-state index contributed by atoms with van der Waals surface area (Å²) in [4.78, 5) is 2.43. The van der Waals surface area contributed by atoms with E-state index in [1.807, 2.05) is 0 Å². The fourth-order valence-electron chi connectivity index (χ4n) is 9.06. The van der Waals surface area contributed by atoms with Crippen molar-refractivity contribution in [1.82, 2.24) is 0 Å². The van der Waals surface area contributed by atoms with Gasteiger partial charge in [0.25, 0.3) is 0 Å². The van der Waals surface area contributed by atoms with E-state index in [0.29, 0.717) is 0 Å². The van der Waals surface area contributed by atoms with Crippen molar-refractivity contribution in [2.24, 2.45) is 11.8 Å². The molecule has 2 atom stereocenters. The molecule has 6 aromatic carbocycles. The van der Waals surface area contributed by atoms with Crippen LogP contribution in [-0.2, 0) is 0 Å². The summed E-state index contributed by atoms with van der Waals surface area (Å²) < 4.78 is 2.15. The average molecular weight is 700 g/mol. The minimum atomic E-state index is 0.725. The van der Waals surface area contributed by atoms with E-state index < -0.39 is 0 Å². The maximum atomic E-state index is 3.66. The van der Waals surface area contributed by atoms with Gasteiger partial charge in [0, 0.05) is 31.1 Å². The van der Waals surface area contributed by atoms with Gasteiger partial charge in [0.2, 0.25) is 0 Å². The summed E-state index contributed by atoms with van der Waals surface area (Å²) in [5.74, 6) is 3.34. The molecule has 4 aliphatic rings. The number of halogens is 2. The Morgan fingerprint density at radius 3 is 1.48 bits per heavy atom. The lowest BCUT2D eigenvalue weighted by molar-refractivity contribution is 0.166. The smallest absolute Gasteiger partial charge is 0.0618 e. The zero-order valence-corrected chi connectivity index (χ0v) is 27.7. The Kier molecular flexibility index (Phi) is 6.50. The maximum absolute atomic E-state index is 3.66. The maximum Gasteiger partial charge on any atom is 0.0618 e. The number of anilines is 3. The molecule has 6 aromatic rings. The lowest BCUT2D eigenvalue weighted by Gasteiger charge is -2.38. The molecular weight excluding hydrogens is 666 g/mol. The molecule has 4 bridgehead atoms. The van der Waals surface area contributed by atoms with Gasteiger partial charge in [0.05, 0.1) is 5.69 Å². The van der Waals surface area contributed by atoms with Crippen molar-refractivity contribution >= 4 is 70.5 Å². The van der Waals surface area contributed by atoms with Crippen molar-refractivity contribution in [2.75, 3.05) is 4.90 Å². The fourth-order valence-corrected chi connectivity index (χ4v) is 9.59. The van der Waals surface area contributed by atoms with E-state index in [0.717, 1.165) is 44.0 Å². The standard InChI is InChI=1S/C41H33Br2N/c42-30-10-14-32(15-11-30)44(33-16-12-31(43)13-17-33)41-37-7-3-1-5-35(37)40(36-6-2-4-8-38(36)41)27-9-18-34-28-20-25-19-26(21-28)23-29(22-25)39(34)24-27/h1-18,24-26,28-29H,19-23H2. The Morgan fingerprint density at radius 2 is 0.955 bits per heavy atom. The monoisotopic (exact) mass is 697 g/mol. The summed E-state index contributed by atoms with van der Waals surface area (Å²) in [6, 6.07) is 43.0. The van der Waals surface area contributed by atoms with Crippen LogP contribution in [0.2, 0.25) is 0 Å². The number of hydrogen-bond donors (Lipinski definition) is 0. The Morgan fingerprint density at radius 1 is 0.477 bits per heavy atom. The molecular formula is C41H33Br2N. The number of hydrogen-bond acceptors (Lipinski definition) is 1. The zero-order valence-electron chi connectivity index (χ0n) is 24.5. The fraction of sp³-hybridized carbons (Fsp3) is 0.220. The summed E-state index contributed by atoms with van der Waals surface area (Å²) >= 11 is 7.32. The van der Waals surface area contributed by atoms with Crippen molar-refractivity contribution in [3.05, 3.63) is 135 Å². The molecule has 44 heavy (non-hydrogen) atoms. The Hall–Kier alpha value is -3.40. The molecule has 2 unspecified atom stereocenters. The van der Waals surface area contributed by atoms with E-state index >= 15 is 0 Å². The SMILES string of the molecule is Brc1ccc(N(c2ccc(Br)cc2)c2c3ccccc3c(-c3ccc4c(c3)C3CC5CC(CC4C5)C3)c3ccccc23)cc1. The molecule has 0 saturated heterocycles. The van der Waals surface area contributed by atoms with E-state index in [4.69, 9.17) is 0 Å². The van der Waals surface area contributed by atoms with Crippen molar-refractivity contribution in [3.8, 4) is 11.1 Å². The third-order valence-corrected chi connectivity index (χ3v) is 11.7. The van der Waals surface area contributed by atoms with Gasteiger partial charge >= 0.3 is 0 Å². The van der Waals surface area contributed by atoms with Crippen molar-refractivity contribution < 1.29 is 0 Å². The number of fused-ring (bicyclic) bond motifs is 2. The van der Waals surface area contributed by atoms with Gasteiger partial charge < -0.3 is 4.90 Å². The third kappa shape index (κ3) is 4.38. The molecule has 10 rings (SSSR count). The second-order valence-electron chi connectivity index (χ2n) is 13.3. The molecule has 0 N–H and O–H groups in total. The van der Waals surface area contributed by atoms with Gasteiger partial charge in [-0.3, -0.25) is 0 Å². The zero-order chi connectivity index (χ0) is 29.4. The van der Waals surface area contributed by atoms with Gasteiger partial charge in [0.15, 0.2) is 0 Å². The molecule has 0 heterocycles. The normalized spacial score (nSPS) is 21.9. The second-order valence-corrected chi connectivity index (χ2v) is 15.1. The number of benzene rings is 6. The highest BCUT2D eigenvalue weighted by Crippen LogP contribution is 2.57. The van der Waals surface area contributed by atoms with E-state index in [1.165, 1.54) is 70.5 Å². The highest BCUT2D eigenvalue weighted by Gasteiger charge is 2.42. The Bertz CT molecular complexity index is 1930. The molecule has 2 fully saturated rings. The van der Waals surface area contributed by atoms with E-state index in [-0.39, 0.29) is 0 Å². The lowest BCUT2D eigenvalue weighted by atomic mass is 9.67. The minimum Gasteiger partial charge on any atom is -0.309 e. The van der Waals surface area contributed by atoms with Gasteiger partial charge in [-0.25, -0.2) is 0 Å². The van der Waals surface area contributed by atoms with Gasteiger partial charge in [-0.15, -0.1) is 0 Å². The van der Waals surface area contributed by atoms with E-state index in [1.54, 1.807) is 11.1 Å². The highest BCUT2D eigenvalue weighted by atomic mass is 79.9. The molecule has 4 aliphatic carbocycles. The van der Waals surface area contributed by atoms with Gasteiger partial charge in [-0.05, 0) is 137 Å². The molecule has 0 aromatic heterocycles. The first-order chi connectivity index (χ1) is 21.6. The summed E-state index contributed by atoms with van der Waals surface area (Å²) in [6.45, 7) is 0. The molecule has 1 nitrogen and oxygen atoms in total. The van der Waals surface area contributed by atoms with Crippen LogP contribution in [0.1, 0.15) is 55.1 Å². The average Bonchev–Trinajstić information content (AvgIpc) is 3.22. The topological polar surface area (TPSA) is 3.24 Å². The van der Waals surface area contributed by atoms with Crippen LogP contribution in [0.15, 0.2) is 124 Å². The van der Waals surface area contributed by atoms with Crippen LogP contribution in [0.4, 0.5) is 17.1 Å². The molecule has 0 spiro atoms. The number of rotatable bonds is 4. The predicted octanol–water partition coefficient (Wildman–Crippen LogP) is 13.0. The molecule has 0 amide bonds. The van der Waals surface area contributed by atoms with Crippen molar-refractivity contribution in [2.45, 2.75) is 43.9 Å². The van der Waals surface area contributed by atoms with Crippen LogP contribution >= 0.6 is 31.9 Å². The van der Waals surface area contributed by atoms with Crippen LogP contribution in [0.3, 0.4) is 0 Å². The van der Waals surface area contributed by atoms with Gasteiger partial charge in [-0.2, -0.15) is 0 Å². The number of nitrogens with zero attached hydrogens (tertiary/aromatic N) is 1. The summed E-state index contributed by atoms with van der Waals surface area (Å²) in [7, 11) is 0. The molecule has 2 saturated carbocycles. The Balaban J connectivity index is 1.32. The van der Waals surface area contributed by atoms with Crippen LogP contribution in [-0.4, -0.2) is 0 Å².